The maximum Gasteiger partial charge on any atom is 0.330 e. The summed E-state index contributed by atoms with van der Waals surface area (Å²) >= 11 is 0. The Morgan fingerprint density at radius 3 is 2.20 bits per heavy atom. The Balaban J connectivity index is 1.54. The van der Waals surface area contributed by atoms with Gasteiger partial charge in [0, 0.05) is 6.08 Å². The zero-order valence-corrected chi connectivity index (χ0v) is 22.6. The molecule has 2 atom stereocenters. The Bertz CT molecular complexity index is 1300. The predicted octanol–water partition coefficient (Wildman–Crippen LogP) is 3.79. The minimum atomic E-state index is -1.20. The molecule has 10 nitrogen and oxygen atoms in total. The maximum absolute atomic E-state index is 12.0. The van der Waals surface area contributed by atoms with Gasteiger partial charge in [0.1, 0.15) is 6.10 Å². The summed E-state index contributed by atoms with van der Waals surface area (Å²) in [5.41, 5.74) is 1.99. The van der Waals surface area contributed by atoms with Crippen molar-refractivity contribution in [3.05, 3.63) is 77.4 Å². The number of ether oxygens (including phenoxy) is 5. The van der Waals surface area contributed by atoms with E-state index in [1.54, 1.807) is 30.3 Å². The lowest BCUT2D eigenvalue weighted by Gasteiger charge is -2.24. The summed E-state index contributed by atoms with van der Waals surface area (Å²) in [6.07, 6.45) is 1.83. The molecule has 0 aromatic heterocycles. The highest BCUT2D eigenvalue weighted by Gasteiger charge is 2.24. The van der Waals surface area contributed by atoms with Crippen molar-refractivity contribution >= 4 is 12.0 Å². The maximum atomic E-state index is 12.0. The van der Waals surface area contributed by atoms with Gasteiger partial charge < -0.3 is 44.1 Å². The normalized spacial score (nSPS) is 12.5. The molecule has 0 aliphatic carbocycles. The third kappa shape index (κ3) is 8.05. The minimum Gasteiger partial charge on any atom is -0.504 e. The Hall–Kier alpha value is -4.41. The molecule has 4 N–H and O–H groups in total. The summed E-state index contributed by atoms with van der Waals surface area (Å²) in [5.74, 6) is 0.692. The number of carbonyl (C=O) groups excluding carboxylic acids is 1. The number of benzene rings is 3. The van der Waals surface area contributed by atoms with Crippen molar-refractivity contribution in [3.63, 3.8) is 0 Å². The highest BCUT2D eigenvalue weighted by Crippen LogP contribution is 2.34. The topological polar surface area (TPSA) is 144 Å². The number of aliphatic hydroxyl groups is 2. The molecule has 0 amide bonds. The standard InChI is InChI=1S/C30H34O10/c1-36-25-15-20(6-10-22(25)32)8-13-29(34)39-14-4-5-19-7-12-24(27(16-19)38-3)40-28(18-31)30(35)21-9-11-23(33)26(17-21)37-2/h6-13,15-17,28,30-33,35H,4-5,14,18H2,1-3H3/b13-8+/t28-,30+/m0/s1. The number of esters is 1. The van der Waals surface area contributed by atoms with Crippen LogP contribution in [-0.2, 0) is 16.0 Å². The van der Waals surface area contributed by atoms with Crippen LogP contribution < -0.4 is 18.9 Å². The number of hydrogen-bond acceptors (Lipinski definition) is 10. The molecule has 3 aromatic carbocycles. The van der Waals surface area contributed by atoms with Crippen LogP contribution in [0.5, 0.6) is 34.5 Å². The van der Waals surface area contributed by atoms with Crippen LogP contribution in [0.1, 0.15) is 29.2 Å². The van der Waals surface area contributed by atoms with E-state index in [1.807, 2.05) is 6.07 Å². The zero-order chi connectivity index (χ0) is 29.1. The highest BCUT2D eigenvalue weighted by atomic mass is 16.5. The molecule has 0 aliphatic rings. The first-order chi connectivity index (χ1) is 19.3. The molecular formula is C30H34O10. The molecule has 0 aliphatic heterocycles. The molecule has 0 spiro atoms. The van der Waals surface area contributed by atoms with Crippen LogP contribution in [0.4, 0.5) is 0 Å². The Kier molecular flexibility index (Phi) is 11.0. The van der Waals surface area contributed by atoms with E-state index in [1.165, 1.54) is 51.7 Å². The zero-order valence-electron chi connectivity index (χ0n) is 22.6. The van der Waals surface area contributed by atoms with Gasteiger partial charge in [-0.25, -0.2) is 4.79 Å². The van der Waals surface area contributed by atoms with E-state index in [0.29, 0.717) is 41.2 Å². The number of phenols is 2. The van der Waals surface area contributed by atoms with E-state index >= 15 is 0 Å². The number of aryl methyl sites for hydroxylation is 1. The summed E-state index contributed by atoms with van der Waals surface area (Å²) in [6.45, 7) is -0.271. The number of methoxy groups -OCH3 is 3. The van der Waals surface area contributed by atoms with Crippen LogP contribution >= 0.6 is 0 Å². The van der Waals surface area contributed by atoms with Crippen molar-refractivity contribution in [2.24, 2.45) is 0 Å². The summed E-state index contributed by atoms with van der Waals surface area (Å²) in [4.78, 5) is 12.0. The first-order valence-corrected chi connectivity index (χ1v) is 12.5. The average Bonchev–Trinajstić information content (AvgIpc) is 2.97. The lowest BCUT2D eigenvalue weighted by Crippen LogP contribution is -2.29. The van der Waals surface area contributed by atoms with E-state index < -0.39 is 24.8 Å². The van der Waals surface area contributed by atoms with Crippen LogP contribution in [0.2, 0.25) is 0 Å². The quantitative estimate of drug-likeness (QED) is 0.132. The second-order valence-electron chi connectivity index (χ2n) is 8.74. The molecule has 0 saturated heterocycles. The second-order valence-corrected chi connectivity index (χ2v) is 8.74. The van der Waals surface area contributed by atoms with Gasteiger partial charge in [0.25, 0.3) is 0 Å². The molecule has 10 heteroatoms. The average molecular weight is 555 g/mol. The van der Waals surface area contributed by atoms with Crippen molar-refractivity contribution in [2.45, 2.75) is 25.0 Å². The molecule has 0 unspecified atom stereocenters. The largest absolute Gasteiger partial charge is 0.504 e. The van der Waals surface area contributed by atoms with E-state index in [9.17, 15) is 25.2 Å². The summed E-state index contributed by atoms with van der Waals surface area (Å²) in [6, 6.07) is 14.4. The summed E-state index contributed by atoms with van der Waals surface area (Å²) in [5, 5.41) is 40.1. The van der Waals surface area contributed by atoms with Gasteiger partial charge in [-0.1, -0.05) is 18.2 Å². The minimum absolute atomic E-state index is 0.0133. The molecule has 0 saturated carbocycles. The monoisotopic (exact) mass is 554 g/mol. The number of aliphatic hydroxyl groups excluding tert-OH is 2. The fourth-order valence-corrected chi connectivity index (χ4v) is 3.88. The highest BCUT2D eigenvalue weighted by molar-refractivity contribution is 5.87. The molecular weight excluding hydrogens is 520 g/mol. The predicted molar refractivity (Wildman–Crippen MR) is 147 cm³/mol. The molecule has 0 bridgehead atoms. The fourth-order valence-electron chi connectivity index (χ4n) is 3.88. The molecule has 40 heavy (non-hydrogen) atoms. The lowest BCUT2D eigenvalue weighted by atomic mass is 10.0. The van der Waals surface area contributed by atoms with E-state index in [0.717, 1.165) is 5.56 Å². The third-order valence-corrected chi connectivity index (χ3v) is 6.05. The second kappa shape index (κ2) is 14.7. The SMILES string of the molecule is COc1cc(/C=C/C(=O)OCCCc2ccc(O[C@@H](CO)[C@H](O)c3ccc(O)c(OC)c3)c(OC)c2)ccc1O. The van der Waals surface area contributed by atoms with Crippen molar-refractivity contribution in [3.8, 4) is 34.5 Å². The van der Waals surface area contributed by atoms with E-state index in [-0.39, 0.29) is 23.9 Å². The van der Waals surface area contributed by atoms with Gasteiger partial charge >= 0.3 is 5.97 Å². The summed E-state index contributed by atoms with van der Waals surface area (Å²) in [7, 11) is 4.33. The molecule has 3 rings (SSSR count). The van der Waals surface area contributed by atoms with Crippen LogP contribution in [0.25, 0.3) is 6.08 Å². The van der Waals surface area contributed by atoms with Gasteiger partial charge in [0.2, 0.25) is 0 Å². The molecule has 3 aromatic rings. The fraction of sp³-hybridized carbons (Fsp3) is 0.300. The first-order valence-electron chi connectivity index (χ1n) is 12.5. The van der Waals surface area contributed by atoms with Crippen LogP contribution in [0.3, 0.4) is 0 Å². The van der Waals surface area contributed by atoms with Crippen molar-refractivity contribution in [2.75, 3.05) is 34.5 Å². The van der Waals surface area contributed by atoms with E-state index in [4.69, 9.17) is 23.7 Å². The van der Waals surface area contributed by atoms with Crippen molar-refractivity contribution in [1.82, 2.24) is 0 Å². The number of phenolic OH excluding ortho intramolecular Hbond substituents is 2. The van der Waals surface area contributed by atoms with Gasteiger partial charge in [-0.3, -0.25) is 0 Å². The van der Waals surface area contributed by atoms with Gasteiger partial charge in [0.05, 0.1) is 34.5 Å². The first kappa shape index (κ1) is 30.1. The third-order valence-electron chi connectivity index (χ3n) is 6.05. The van der Waals surface area contributed by atoms with Gasteiger partial charge in [-0.05, 0) is 72.0 Å². The van der Waals surface area contributed by atoms with Crippen molar-refractivity contribution in [1.29, 1.82) is 0 Å². The Labute approximate surface area is 232 Å². The van der Waals surface area contributed by atoms with Gasteiger partial charge in [-0.2, -0.15) is 0 Å². The summed E-state index contributed by atoms with van der Waals surface area (Å²) < 4.78 is 26.7. The number of hydrogen-bond donors (Lipinski definition) is 4. The Morgan fingerprint density at radius 2 is 1.52 bits per heavy atom. The van der Waals surface area contributed by atoms with Gasteiger partial charge in [-0.15, -0.1) is 0 Å². The molecule has 214 valence electrons. The number of carbonyl (C=O) groups is 1. The van der Waals surface area contributed by atoms with Crippen LogP contribution in [-0.4, -0.2) is 67.0 Å². The number of rotatable bonds is 14. The molecule has 0 radical (unpaired) electrons. The Morgan fingerprint density at radius 1 is 0.850 bits per heavy atom. The molecule has 0 heterocycles. The van der Waals surface area contributed by atoms with E-state index in [2.05, 4.69) is 0 Å². The number of aromatic hydroxyl groups is 2. The lowest BCUT2D eigenvalue weighted by molar-refractivity contribution is -0.137. The van der Waals surface area contributed by atoms with Crippen molar-refractivity contribution < 1.29 is 48.9 Å². The van der Waals surface area contributed by atoms with Crippen LogP contribution in [0, 0.1) is 0 Å². The van der Waals surface area contributed by atoms with Crippen LogP contribution in [0.15, 0.2) is 60.7 Å². The molecule has 0 fully saturated rings. The van der Waals surface area contributed by atoms with Gasteiger partial charge in [0.15, 0.2) is 40.6 Å². The smallest absolute Gasteiger partial charge is 0.330 e.